The average Bonchev–Trinajstić information content (AvgIpc) is 2.35. The van der Waals surface area contributed by atoms with Gasteiger partial charge in [0, 0.05) is 11.9 Å². The van der Waals surface area contributed by atoms with E-state index in [1.165, 1.54) is 49.8 Å². The molecule has 1 fully saturated rings. The number of aromatic nitrogens is 1. The quantitative estimate of drug-likeness (QED) is 0.730. The Bertz CT molecular complexity index is 409. The lowest BCUT2D eigenvalue weighted by atomic mass is 9.87. The molecule has 1 aliphatic carbocycles. The largest absolute Gasteiger partial charge is 0.238 e. The molecule has 1 atom stereocenters. The molecule has 2 nitrogen and oxygen atoms in total. The molecule has 0 saturated heterocycles. The molecular formula is C16H24N2. The fourth-order valence-corrected chi connectivity index (χ4v) is 2.74. The van der Waals surface area contributed by atoms with Crippen LogP contribution in [0.5, 0.6) is 0 Å². The summed E-state index contributed by atoms with van der Waals surface area (Å²) < 4.78 is 0. The highest BCUT2D eigenvalue weighted by molar-refractivity contribution is 5.89. The van der Waals surface area contributed by atoms with E-state index >= 15 is 0 Å². The molecule has 0 aromatic carbocycles. The highest BCUT2D eigenvalue weighted by atomic mass is 14.9. The van der Waals surface area contributed by atoms with Crippen molar-refractivity contribution in [1.29, 1.82) is 0 Å². The predicted molar refractivity (Wildman–Crippen MR) is 77.6 cm³/mol. The summed E-state index contributed by atoms with van der Waals surface area (Å²) in [7, 11) is 0. The van der Waals surface area contributed by atoms with Gasteiger partial charge in [-0.05, 0) is 50.2 Å². The first-order valence-corrected chi connectivity index (χ1v) is 7.30. The van der Waals surface area contributed by atoms with Gasteiger partial charge in [0.15, 0.2) is 5.82 Å². The summed E-state index contributed by atoms with van der Waals surface area (Å²) in [6, 6.07) is 4.07. The van der Waals surface area contributed by atoms with Crippen molar-refractivity contribution in [1.82, 2.24) is 4.98 Å². The van der Waals surface area contributed by atoms with Gasteiger partial charge >= 0.3 is 0 Å². The van der Waals surface area contributed by atoms with Crippen molar-refractivity contribution in [2.75, 3.05) is 0 Å². The highest BCUT2D eigenvalue weighted by Gasteiger charge is 2.16. The lowest BCUT2D eigenvalue weighted by Gasteiger charge is -2.20. The van der Waals surface area contributed by atoms with Gasteiger partial charge in [0.25, 0.3) is 0 Å². The second kappa shape index (κ2) is 6.67. The Morgan fingerprint density at radius 3 is 2.89 bits per heavy atom. The van der Waals surface area contributed by atoms with Crippen LogP contribution >= 0.6 is 0 Å². The highest BCUT2D eigenvalue weighted by Crippen LogP contribution is 2.25. The van der Waals surface area contributed by atoms with E-state index in [0.29, 0.717) is 5.92 Å². The summed E-state index contributed by atoms with van der Waals surface area (Å²) in [5, 5.41) is 0. The van der Waals surface area contributed by atoms with Gasteiger partial charge in [0.2, 0.25) is 0 Å². The number of hydrogen-bond donors (Lipinski definition) is 0. The molecule has 1 heterocycles. The Kier molecular flexibility index (Phi) is 4.91. The molecule has 1 unspecified atom stereocenters. The lowest BCUT2D eigenvalue weighted by Crippen LogP contribution is -2.16. The Balaban J connectivity index is 2.23. The first kappa shape index (κ1) is 13.3. The fraction of sp³-hybridized carbons (Fsp3) is 0.625. The van der Waals surface area contributed by atoms with Gasteiger partial charge < -0.3 is 0 Å². The number of aliphatic imine (C=N–C) groups is 1. The molecule has 0 bridgehead atoms. The van der Waals surface area contributed by atoms with Crippen molar-refractivity contribution in [3.8, 4) is 0 Å². The van der Waals surface area contributed by atoms with Gasteiger partial charge in [0.1, 0.15) is 0 Å². The van der Waals surface area contributed by atoms with E-state index < -0.39 is 0 Å². The second-order valence-electron chi connectivity index (χ2n) is 5.31. The molecule has 0 radical (unpaired) electrons. The van der Waals surface area contributed by atoms with Gasteiger partial charge in [-0.3, -0.25) is 0 Å². The molecule has 1 aromatic heterocycles. The summed E-state index contributed by atoms with van der Waals surface area (Å²) >= 11 is 0. The SMILES string of the molecule is CCC1CCCCCC/C1=N/c1ncccc1C. The van der Waals surface area contributed by atoms with Crippen molar-refractivity contribution < 1.29 is 0 Å². The van der Waals surface area contributed by atoms with Crippen LogP contribution < -0.4 is 0 Å². The molecule has 2 heteroatoms. The summed E-state index contributed by atoms with van der Waals surface area (Å²) in [4.78, 5) is 9.28. The third-order valence-electron chi connectivity index (χ3n) is 3.93. The molecule has 1 aromatic rings. The van der Waals surface area contributed by atoms with Gasteiger partial charge in [-0.25, -0.2) is 9.98 Å². The van der Waals surface area contributed by atoms with Crippen molar-refractivity contribution in [2.24, 2.45) is 10.9 Å². The van der Waals surface area contributed by atoms with Crippen LogP contribution in [0.25, 0.3) is 0 Å². The Labute approximate surface area is 111 Å². The first-order valence-electron chi connectivity index (χ1n) is 7.30. The molecule has 18 heavy (non-hydrogen) atoms. The minimum Gasteiger partial charge on any atom is -0.238 e. The van der Waals surface area contributed by atoms with E-state index in [1.807, 2.05) is 12.3 Å². The van der Waals surface area contributed by atoms with E-state index in [0.717, 1.165) is 12.2 Å². The van der Waals surface area contributed by atoms with Crippen LogP contribution in [-0.2, 0) is 0 Å². The van der Waals surface area contributed by atoms with Crippen molar-refractivity contribution in [2.45, 2.75) is 58.8 Å². The van der Waals surface area contributed by atoms with Crippen LogP contribution in [0, 0.1) is 12.8 Å². The summed E-state index contributed by atoms with van der Waals surface area (Å²) in [6.07, 6.45) is 10.9. The summed E-state index contributed by atoms with van der Waals surface area (Å²) in [5.41, 5.74) is 2.57. The molecule has 1 saturated carbocycles. The van der Waals surface area contributed by atoms with Crippen LogP contribution in [-0.4, -0.2) is 10.7 Å². The van der Waals surface area contributed by atoms with E-state index in [-0.39, 0.29) is 0 Å². The van der Waals surface area contributed by atoms with Crippen LogP contribution in [0.1, 0.15) is 57.4 Å². The van der Waals surface area contributed by atoms with Gasteiger partial charge in [-0.2, -0.15) is 0 Å². The average molecular weight is 244 g/mol. The summed E-state index contributed by atoms with van der Waals surface area (Å²) in [6.45, 7) is 4.38. The monoisotopic (exact) mass is 244 g/mol. The van der Waals surface area contributed by atoms with E-state index in [4.69, 9.17) is 4.99 Å². The smallest absolute Gasteiger partial charge is 0.154 e. The zero-order valence-corrected chi connectivity index (χ0v) is 11.7. The number of aryl methyl sites for hydroxylation is 1. The lowest BCUT2D eigenvalue weighted by molar-refractivity contribution is 0.507. The molecule has 1 aliphatic rings. The maximum absolute atomic E-state index is 4.88. The normalized spacial score (nSPS) is 23.7. The van der Waals surface area contributed by atoms with E-state index in [9.17, 15) is 0 Å². The van der Waals surface area contributed by atoms with Gasteiger partial charge in [0.05, 0.1) is 0 Å². The van der Waals surface area contributed by atoms with Crippen molar-refractivity contribution >= 4 is 11.5 Å². The van der Waals surface area contributed by atoms with E-state index in [2.05, 4.69) is 24.9 Å². The molecule has 0 aliphatic heterocycles. The van der Waals surface area contributed by atoms with Gasteiger partial charge in [-0.1, -0.05) is 32.3 Å². The predicted octanol–water partition coefficient (Wildman–Crippen LogP) is 4.84. The van der Waals surface area contributed by atoms with Crippen molar-refractivity contribution in [3.05, 3.63) is 23.9 Å². The third-order valence-corrected chi connectivity index (χ3v) is 3.93. The standard InChI is InChI=1S/C16H24N2/c1-3-14-10-6-4-5-7-11-15(14)18-16-13(2)9-8-12-17-16/h8-9,12,14H,3-7,10-11H2,1-2H3/b18-15-. The maximum Gasteiger partial charge on any atom is 0.154 e. The Hall–Kier alpha value is -1.18. The molecule has 0 N–H and O–H groups in total. The zero-order chi connectivity index (χ0) is 12.8. The summed E-state index contributed by atoms with van der Waals surface area (Å²) in [5.74, 6) is 1.60. The Morgan fingerprint density at radius 1 is 1.28 bits per heavy atom. The minimum atomic E-state index is 0.673. The van der Waals surface area contributed by atoms with E-state index in [1.54, 1.807) is 0 Å². The Morgan fingerprint density at radius 2 is 2.11 bits per heavy atom. The van der Waals surface area contributed by atoms with Gasteiger partial charge in [-0.15, -0.1) is 0 Å². The van der Waals surface area contributed by atoms with Crippen LogP contribution in [0.2, 0.25) is 0 Å². The van der Waals surface area contributed by atoms with Crippen molar-refractivity contribution in [3.63, 3.8) is 0 Å². The number of nitrogens with zero attached hydrogens (tertiary/aromatic N) is 2. The molecule has 98 valence electrons. The molecule has 0 amide bonds. The number of pyridine rings is 1. The maximum atomic E-state index is 4.88. The molecular weight excluding hydrogens is 220 g/mol. The van der Waals surface area contributed by atoms with Crippen LogP contribution in [0.3, 0.4) is 0 Å². The zero-order valence-electron chi connectivity index (χ0n) is 11.7. The number of rotatable bonds is 2. The second-order valence-corrected chi connectivity index (χ2v) is 5.31. The van der Waals surface area contributed by atoms with Crippen LogP contribution in [0.4, 0.5) is 5.82 Å². The fourth-order valence-electron chi connectivity index (χ4n) is 2.74. The third kappa shape index (κ3) is 3.41. The molecule has 2 rings (SSSR count). The molecule has 0 spiro atoms. The number of hydrogen-bond acceptors (Lipinski definition) is 2. The topological polar surface area (TPSA) is 25.2 Å². The van der Waals surface area contributed by atoms with Crippen LogP contribution in [0.15, 0.2) is 23.3 Å². The minimum absolute atomic E-state index is 0.673. The first-order chi connectivity index (χ1) is 8.81.